The number of hydrogen-bond acceptors (Lipinski definition) is 6. The second kappa shape index (κ2) is 13.3. The van der Waals surface area contributed by atoms with Crippen molar-refractivity contribution in [3.05, 3.63) is 83.4 Å². The SMILES string of the molecule is COC(=O)CCCN(C(=O)CN(C(=O)c1ccc(Cl)cc1)c1ccc(OC)cc1)c1ccc(OC)cc1. The fraction of sp³-hybridized carbons (Fsp3) is 0.250. The zero-order valence-electron chi connectivity index (χ0n) is 21.0. The number of rotatable bonds is 11. The van der Waals surface area contributed by atoms with Gasteiger partial charge in [0.2, 0.25) is 5.91 Å². The van der Waals surface area contributed by atoms with Crippen LogP contribution < -0.4 is 19.3 Å². The number of benzene rings is 3. The van der Waals surface area contributed by atoms with Gasteiger partial charge >= 0.3 is 5.97 Å². The first-order valence-corrected chi connectivity index (χ1v) is 12.0. The molecule has 0 heterocycles. The van der Waals surface area contributed by atoms with Gasteiger partial charge in [0.05, 0.1) is 21.3 Å². The van der Waals surface area contributed by atoms with Crippen molar-refractivity contribution in [3.63, 3.8) is 0 Å². The van der Waals surface area contributed by atoms with Crippen molar-refractivity contribution in [2.45, 2.75) is 12.8 Å². The van der Waals surface area contributed by atoms with Crippen LogP contribution in [0.25, 0.3) is 0 Å². The summed E-state index contributed by atoms with van der Waals surface area (Å²) < 4.78 is 15.2. The van der Waals surface area contributed by atoms with Gasteiger partial charge in [0.1, 0.15) is 18.0 Å². The van der Waals surface area contributed by atoms with E-state index in [1.807, 2.05) is 0 Å². The van der Waals surface area contributed by atoms with Crippen LogP contribution in [0, 0.1) is 0 Å². The Kier molecular flexibility index (Phi) is 9.92. The Bertz CT molecular complexity index is 1200. The van der Waals surface area contributed by atoms with E-state index in [0.29, 0.717) is 39.9 Å². The second-order valence-corrected chi connectivity index (χ2v) is 8.46. The highest BCUT2D eigenvalue weighted by atomic mass is 35.5. The van der Waals surface area contributed by atoms with E-state index in [1.165, 1.54) is 12.0 Å². The Morgan fingerprint density at radius 1 is 0.730 bits per heavy atom. The van der Waals surface area contributed by atoms with Gasteiger partial charge in [-0.2, -0.15) is 0 Å². The summed E-state index contributed by atoms with van der Waals surface area (Å²) in [4.78, 5) is 41.8. The predicted octanol–water partition coefficient (Wildman–Crippen LogP) is 4.99. The Hall–Kier alpha value is -4.04. The quantitative estimate of drug-likeness (QED) is 0.328. The number of carbonyl (C=O) groups excluding carboxylic acids is 3. The van der Waals surface area contributed by atoms with E-state index in [1.54, 1.807) is 91.9 Å². The molecule has 0 unspecified atom stereocenters. The largest absolute Gasteiger partial charge is 0.497 e. The molecule has 8 nitrogen and oxygen atoms in total. The molecule has 0 radical (unpaired) electrons. The molecule has 0 N–H and O–H groups in total. The minimum Gasteiger partial charge on any atom is -0.497 e. The van der Waals surface area contributed by atoms with Gasteiger partial charge in [-0.15, -0.1) is 0 Å². The van der Waals surface area contributed by atoms with Gasteiger partial charge in [0, 0.05) is 34.9 Å². The third kappa shape index (κ3) is 7.47. The van der Waals surface area contributed by atoms with Gasteiger partial charge in [0.15, 0.2) is 0 Å². The van der Waals surface area contributed by atoms with Crippen molar-refractivity contribution in [1.29, 1.82) is 0 Å². The summed E-state index contributed by atoms with van der Waals surface area (Å²) in [6, 6.07) is 20.4. The molecule has 3 rings (SSSR count). The molecule has 0 fully saturated rings. The minimum atomic E-state index is -0.362. The van der Waals surface area contributed by atoms with Crippen molar-refractivity contribution in [1.82, 2.24) is 0 Å². The fourth-order valence-electron chi connectivity index (χ4n) is 3.65. The summed E-state index contributed by atoms with van der Waals surface area (Å²) in [7, 11) is 4.43. The molecule has 0 saturated heterocycles. The molecule has 0 atom stereocenters. The number of carbonyl (C=O) groups is 3. The Morgan fingerprint density at radius 2 is 1.24 bits per heavy atom. The molecule has 37 heavy (non-hydrogen) atoms. The normalized spacial score (nSPS) is 10.4. The van der Waals surface area contributed by atoms with Gasteiger partial charge in [0.25, 0.3) is 5.91 Å². The van der Waals surface area contributed by atoms with Crippen molar-refractivity contribution in [2.75, 3.05) is 44.2 Å². The van der Waals surface area contributed by atoms with E-state index in [-0.39, 0.29) is 37.3 Å². The summed E-state index contributed by atoms with van der Waals surface area (Å²) in [5, 5.41) is 0.500. The molecule has 9 heteroatoms. The molecule has 0 spiro atoms. The number of hydrogen-bond donors (Lipinski definition) is 0. The molecule has 0 aliphatic rings. The number of halogens is 1. The van der Waals surface area contributed by atoms with Gasteiger partial charge < -0.3 is 19.1 Å². The Balaban J connectivity index is 1.92. The highest BCUT2D eigenvalue weighted by Crippen LogP contribution is 2.24. The van der Waals surface area contributed by atoms with Crippen molar-refractivity contribution in [2.24, 2.45) is 0 Å². The molecule has 2 amide bonds. The smallest absolute Gasteiger partial charge is 0.305 e. The summed E-state index contributed by atoms with van der Waals surface area (Å²) in [6.07, 6.45) is 0.542. The number of ether oxygens (including phenoxy) is 3. The third-order valence-corrected chi connectivity index (χ3v) is 5.94. The number of amides is 2. The lowest BCUT2D eigenvalue weighted by molar-refractivity contribution is -0.140. The van der Waals surface area contributed by atoms with Gasteiger partial charge in [-0.25, -0.2) is 0 Å². The van der Waals surface area contributed by atoms with Crippen LogP contribution in [-0.4, -0.2) is 52.2 Å². The van der Waals surface area contributed by atoms with Gasteiger partial charge in [-0.3, -0.25) is 19.3 Å². The standard InChI is InChI=1S/C28H29ClN2O6/c1-35-24-14-10-22(11-15-24)30(18-4-5-27(33)37-3)26(32)19-31(23-12-16-25(36-2)17-13-23)28(34)20-6-8-21(29)9-7-20/h6-17H,4-5,18-19H2,1-3H3. The first-order valence-electron chi connectivity index (χ1n) is 11.6. The molecule has 0 saturated carbocycles. The highest BCUT2D eigenvalue weighted by Gasteiger charge is 2.25. The van der Waals surface area contributed by atoms with E-state index in [4.69, 9.17) is 25.8 Å². The van der Waals surface area contributed by atoms with E-state index >= 15 is 0 Å². The summed E-state index contributed by atoms with van der Waals surface area (Å²) in [5.41, 5.74) is 1.53. The lowest BCUT2D eigenvalue weighted by atomic mass is 10.1. The van der Waals surface area contributed by atoms with Crippen LogP contribution in [0.3, 0.4) is 0 Å². The van der Waals surface area contributed by atoms with Crippen molar-refractivity contribution >= 4 is 40.8 Å². The maximum absolute atomic E-state index is 13.7. The average Bonchev–Trinajstić information content (AvgIpc) is 2.94. The first-order chi connectivity index (χ1) is 17.9. The molecule has 0 aliphatic heterocycles. The third-order valence-electron chi connectivity index (χ3n) is 5.69. The van der Waals surface area contributed by atoms with Crippen LogP contribution in [0.5, 0.6) is 11.5 Å². The Morgan fingerprint density at radius 3 is 1.73 bits per heavy atom. The molecule has 3 aromatic carbocycles. The number of methoxy groups -OCH3 is 3. The van der Waals surface area contributed by atoms with Crippen LogP contribution in [-0.2, 0) is 14.3 Å². The second-order valence-electron chi connectivity index (χ2n) is 8.02. The zero-order chi connectivity index (χ0) is 26.8. The lowest BCUT2D eigenvalue weighted by Gasteiger charge is -2.28. The molecule has 194 valence electrons. The maximum atomic E-state index is 13.7. The van der Waals surface area contributed by atoms with Gasteiger partial charge in [-0.05, 0) is 79.2 Å². The Labute approximate surface area is 221 Å². The number of anilines is 2. The van der Waals surface area contributed by atoms with E-state index < -0.39 is 0 Å². The van der Waals surface area contributed by atoms with Crippen LogP contribution in [0.15, 0.2) is 72.8 Å². The monoisotopic (exact) mass is 524 g/mol. The summed E-state index contributed by atoms with van der Waals surface area (Å²) >= 11 is 6.00. The fourth-order valence-corrected chi connectivity index (χ4v) is 3.78. The van der Waals surface area contributed by atoms with E-state index in [0.717, 1.165) is 0 Å². The average molecular weight is 525 g/mol. The van der Waals surface area contributed by atoms with E-state index in [2.05, 4.69) is 0 Å². The van der Waals surface area contributed by atoms with Crippen LogP contribution in [0.1, 0.15) is 23.2 Å². The van der Waals surface area contributed by atoms with Crippen molar-refractivity contribution < 1.29 is 28.6 Å². The molecule has 0 bridgehead atoms. The molecular weight excluding hydrogens is 496 g/mol. The topological polar surface area (TPSA) is 85.4 Å². The first kappa shape index (κ1) is 27.5. The lowest BCUT2D eigenvalue weighted by Crippen LogP contribution is -2.43. The predicted molar refractivity (Wildman–Crippen MR) is 143 cm³/mol. The minimum absolute atomic E-state index is 0.155. The summed E-state index contributed by atoms with van der Waals surface area (Å²) in [5.74, 6) is 0.215. The number of nitrogens with zero attached hydrogens (tertiary/aromatic N) is 2. The van der Waals surface area contributed by atoms with Gasteiger partial charge in [-0.1, -0.05) is 11.6 Å². The highest BCUT2D eigenvalue weighted by molar-refractivity contribution is 6.30. The summed E-state index contributed by atoms with van der Waals surface area (Å²) in [6.45, 7) is 0.0178. The van der Waals surface area contributed by atoms with Crippen LogP contribution in [0.2, 0.25) is 5.02 Å². The molecular formula is C28H29ClN2O6. The van der Waals surface area contributed by atoms with E-state index in [9.17, 15) is 14.4 Å². The maximum Gasteiger partial charge on any atom is 0.305 e. The van der Waals surface area contributed by atoms with Crippen LogP contribution >= 0.6 is 11.6 Å². The zero-order valence-corrected chi connectivity index (χ0v) is 21.7. The molecule has 0 aliphatic carbocycles. The van der Waals surface area contributed by atoms with Crippen LogP contribution in [0.4, 0.5) is 11.4 Å². The molecule has 0 aromatic heterocycles. The van der Waals surface area contributed by atoms with Crippen molar-refractivity contribution in [3.8, 4) is 11.5 Å². The molecule has 3 aromatic rings. The number of esters is 1.